The smallest absolute Gasteiger partial charge is 0.341 e. The summed E-state index contributed by atoms with van der Waals surface area (Å²) in [6, 6.07) is 0. The summed E-state index contributed by atoms with van der Waals surface area (Å²) in [7, 11) is 1.30. The Labute approximate surface area is 122 Å². The van der Waals surface area contributed by atoms with Crippen molar-refractivity contribution in [1.82, 2.24) is 14.9 Å². The summed E-state index contributed by atoms with van der Waals surface area (Å²) in [6.45, 7) is 3.63. The van der Waals surface area contributed by atoms with Crippen LogP contribution in [0.4, 0.5) is 5.95 Å². The second-order valence-electron chi connectivity index (χ2n) is 4.75. The fourth-order valence-corrected chi connectivity index (χ4v) is 2.10. The van der Waals surface area contributed by atoms with Gasteiger partial charge in [-0.2, -0.15) is 0 Å². The Balaban J connectivity index is 1.96. The zero-order valence-electron chi connectivity index (χ0n) is 12.0. The topological polar surface area (TPSA) is 95.9 Å². The van der Waals surface area contributed by atoms with Crippen molar-refractivity contribution in [3.63, 3.8) is 0 Å². The van der Waals surface area contributed by atoms with Crippen LogP contribution in [0.2, 0.25) is 0 Å². The lowest BCUT2D eigenvalue weighted by molar-refractivity contribution is -0.139. The third-order valence-electron chi connectivity index (χ3n) is 3.29. The molecule has 114 valence electrons. The molecular formula is C13H18N4O4. The molecule has 0 bridgehead atoms. The van der Waals surface area contributed by atoms with Crippen LogP contribution in [0, 0.1) is 0 Å². The summed E-state index contributed by atoms with van der Waals surface area (Å²) >= 11 is 0. The molecule has 1 N–H and O–H groups in total. The number of anilines is 1. The van der Waals surface area contributed by atoms with Crippen LogP contribution in [0.15, 0.2) is 12.4 Å². The van der Waals surface area contributed by atoms with Crippen molar-refractivity contribution >= 4 is 17.8 Å². The predicted molar refractivity (Wildman–Crippen MR) is 73.8 cm³/mol. The molecular weight excluding hydrogens is 276 g/mol. The second-order valence-corrected chi connectivity index (χ2v) is 4.75. The Kier molecular flexibility index (Phi) is 4.69. The average Bonchev–Trinajstić information content (AvgIpc) is 2.53. The molecule has 0 unspecified atom stereocenters. The van der Waals surface area contributed by atoms with Gasteiger partial charge in [0.05, 0.1) is 12.7 Å². The van der Waals surface area contributed by atoms with E-state index in [9.17, 15) is 14.7 Å². The zero-order valence-corrected chi connectivity index (χ0v) is 12.0. The molecule has 2 heterocycles. The van der Waals surface area contributed by atoms with Crippen LogP contribution in [0.25, 0.3) is 0 Å². The minimum atomic E-state index is -0.980. The van der Waals surface area contributed by atoms with Gasteiger partial charge in [-0.05, 0) is 6.92 Å². The van der Waals surface area contributed by atoms with Gasteiger partial charge in [-0.15, -0.1) is 0 Å². The van der Waals surface area contributed by atoms with E-state index in [0.717, 1.165) is 0 Å². The number of amides is 1. The van der Waals surface area contributed by atoms with E-state index >= 15 is 0 Å². The third-order valence-corrected chi connectivity index (χ3v) is 3.29. The van der Waals surface area contributed by atoms with Crippen LogP contribution >= 0.6 is 0 Å². The van der Waals surface area contributed by atoms with Crippen molar-refractivity contribution in [2.75, 3.05) is 38.2 Å². The second kappa shape index (κ2) is 6.49. The molecule has 1 aliphatic heterocycles. The fourth-order valence-electron chi connectivity index (χ4n) is 2.10. The SMILES string of the molecule is COC(=O)c1cnc(N2CCN(C(=O)[C@@H](C)O)CC2)nc1. The molecule has 1 saturated heterocycles. The number of methoxy groups -OCH3 is 1. The number of ether oxygens (including phenoxy) is 1. The maximum Gasteiger partial charge on any atom is 0.341 e. The molecule has 0 radical (unpaired) electrons. The predicted octanol–water partition coefficient (Wildman–Crippen LogP) is -0.707. The summed E-state index contributed by atoms with van der Waals surface area (Å²) < 4.78 is 4.58. The van der Waals surface area contributed by atoms with Crippen molar-refractivity contribution in [2.45, 2.75) is 13.0 Å². The lowest BCUT2D eigenvalue weighted by Crippen LogP contribution is -2.51. The van der Waals surface area contributed by atoms with Crippen LogP contribution in [0.3, 0.4) is 0 Å². The maximum absolute atomic E-state index is 11.7. The number of carbonyl (C=O) groups excluding carboxylic acids is 2. The Bertz CT molecular complexity index is 509. The van der Waals surface area contributed by atoms with Gasteiger partial charge in [0.2, 0.25) is 5.95 Å². The Morgan fingerprint density at radius 1 is 1.24 bits per heavy atom. The molecule has 0 saturated carbocycles. The zero-order chi connectivity index (χ0) is 15.4. The number of aliphatic hydroxyl groups excluding tert-OH is 1. The molecule has 0 aliphatic carbocycles. The highest BCUT2D eigenvalue weighted by atomic mass is 16.5. The lowest BCUT2D eigenvalue weighted by atomic mass is 10.2. The van der Waals surface area contributed by atoms with Gasteiger partial charge in [-0.3, -0.25) is 4.79 Å². The van der Waals surface area contributed by atoms with Crippen LogP contribution in [-0.2, 0) is 9.53 Å². The van der Waals surface area contributed by atoms with Gasteiger partial charge >= 0.3 is 5.97 Å². The summed E-state index contributed by atoms with van der Waals surface area (Å²) in [5.74, 6) is -0.239. The molecule has 21 heavy (non-hydrogen) atoms. The standard InChI is InChI=1S/C13H18N4O4/c1-9(18)11(19)16-3-5-17(6-4-16)13-14-7-10(8-15-13)12(20)21-2/h7-9,18H,3-6H2,1-2H3/t9-/m1/s1. The Hall–Kier alpha value is -2.22. The van der Waals surface area contributed by atoms with E-state index in [1.807, 2.05) is 4.90 Å². The minimum Gasteiger partial charge on any atom is -0.465 e. The van der Waals surface area contributed by atoms with Crippen molar-refractivity contribution in [3.05, 3.63) is 18.0 Å². The summed E-state index contributed by atoms with van der Waals surface area (Å²) in [4.78, 5) is 34.8. The molecule has 1 aliphatic rings. The number of hydrogen-bond acceptors (Lipinski definition) is 7. The van der Waals surface area contributed by atoms with E-state index in [1.165, 1.54) is 26.4 Å². The van der Waals surface area contributed by atoms with Gasteiger partial charge in [-0.1, -0.05) is 0 Å². The molecule has 2 rings (SSSR count). The fraction of sp³-hybridized carbons (Fsp3) is 0.538. The number of piperazine rings is 1. The van der Waals surface area contributed by atoms with Crippen molar-refractivity contribution in [1.29, 1.82) is 0 Å². The van der Waals surface area contributed by atoms with E-state index in [2.05, 4.69) is 14.7 Å². The van der Waals surface area contributed by atoms with Gasteiger partial charge in [0.15, 0.2) is 0 Å². The molecule has 0 spiro atoms. The van der Waals surface area contributed by atoms with Crippen molar-refractivity contribution in [2.24, 2.45) is 0 Å². The minimum absolute atomic E-state index is 0.267. The number of esters is 1. The molecule has 1 fully saturated rings. The first-order valence-electron chi connectivity index (χ1n) is 6.65. The van der Waals surface area contributed by atoms with Gasteiger partial charge in [0, 0.05) is 38.6 Å². The van der Waals surface area contributed by atoms with E-state index in [4.69, 9.17) is 0 Å². The van der Waals surface area contributed by atoms with Crippen molar-refractivity contribution in [3.8, 4) is 0 Å². The van der Waals surface area contributed by atoms with E-state index in [-0.39, 0.29) is 5.91 Å². The maximum atomic E-state index is 11.7. The van der Waals surface area contributed by atoms with Gasteiger partial charge in [0.1, 0.15) is 6.10 Å². The highest BCUT2D eigenvalue weighted by molar-refractivity contribution is 5.88. The molecule has 1 aromatic rings. The molecule has 1 aromatic heterocycles. The van der Waals surface area contributed by atoms with Crippen LogP contribution in [0.1, 0.15) is 17.3 Å². The van der Waals surface area contributed by atoms with Gasteiger partial charge in [0.25, 0.3) is 5.91 Å². The highest BCUT2D eigenvalue weighted by Gasteiger charge is 2.24. The number of aromatic nitrogens is 2. The molecule has 1 amide bonds. The number of hydrogen-bond donors (Lipinski definition) is 1. The lowest BCUT2D eigenvalue weighted by Gasteiger charge is -2.35. The number of aliphatic hydroxyl groups is 1. The average molecular weight is 294 g/mol. The summed E-state index contributed by atoms with van der Waals surface area (Å²) in [6.07, 6.45) is 1.86. The van der Waals surface area contributed by atoms with Crippen LogP contribution < -0.4 is 4.90 Å². The first-order chi connectivity index (χ1) is 10.0. The summed E-state index contributed by atoms with van der Waals surface area (Å²) in [5, 5.41) is 9.29. The van der Waals surface area contributed by atoms with Crippen molar-refractivity contribution < 1.29 is 19.4 Å². The van der Waals surface area contributed by atoms with Gasteiger partial charge < -0.3 is 19.6 Å². The molecule has 8 nitrogen and oxygen atoms in total. The first kappa shape index (κ1) is 15.2. The molecule has 0 aromatic carbocycles. The van der Waals surface area contributed by atoms with E-state index in [0.29, 0.717) is 37.7 Å². The number of carbonyl (C=O) groups is 2. The summed E-state index contributed by atoms with van der Waals surface area (Å²) in [5.41, 5.74) is 0.296. The van der Waals surface area contributed by atoms with E-state index in [1.54, 1.807) is 4.90 Å². The quantitative estimate of drug-likeness (QED) is 0.736. The molecule has 8 heteroatoms. The van der Waals surface area contributed by atoms with Crippen LogP contribution in [-0.4, -0.2) is 71.2 Å². The monoisotopic (exact) mass is 294 g/mol. The van der Waals surface area contributed by atoms with E-state index < -0.39 is 12.1 Å². The molecule has 1 atom stereocenters. The first-order valence-corrected chi connectivity index (χ1v) is 6.65. The Morgan fingerprint density at radius 2 is 1.81 bits per heavy atom. The van der Waals surface area contributed by atoms with Crippen LogP contribution in [0.5, 0.6) is 0 Å². The Morgan fingerprint density at radius 3 is 2.29 bits per heavy atom. The number of rotatable bonds is 3. The normalized spacial score (nSPS) is 16.5. The third kappa shape index (κ3) is 3.46. The van der Waals surface area contributed by atoms with Gasteiger partial charge in [-0.25, -0.2) is 14.8 Å². The number of nitrogens with zero attached hydrogens (tertiary/aromatic N) is 4. The highest BCUT2D eigenvalue weighted by Crippen LogP contribution is 2.12. The largest absolute Gasteiger partial charge is 0.465 e.